The number of thiol groups is 1. The lowest BCUT2D eigenvalue weighted by Gasteiger charge is -2.35. The van der Waals surface area contributed by atoms with Gasteiger partial charge in [0, 0.05) is 25.2 Å². The standard InChI is InChI=1S/C9H18O2S/c1-2-10-7-9(8-12)3-5-11-6-4-9/h12H,2-8H2,1H3. The van der Waals surface area contributed by atoms with Crippen LogP contribution in [0.15, 0.2) is 0 Å². The summed E-state index contributed by atoms with van der Waals surface area (Å²) in [6.07, 6.45) is 2.19. The highest BCUT2D eigenvalue weighted by Gasteiger charge is 2.31. The van der Waals surface area contributed by atoms with Gasteiger partial charge in [-0.25, -0.2) is 0 Å². The predicted octanol–water partition coefficient (Wildman–Crippen LogP) is 1.75. The Kier molecular flexibility index (Phi) is 4.40. The molecule has 12 heavy (non-hydrogen) atoms. The van der Waals surface area contributed by atoms with Crippen LogP contribution in [0.25, 0.3) is 0 Å². The summed E-state index contributed by atoms with van der Waals surface area (Å²) in [5.74, 6) is 0.913. The Morgan fingerprint density at radius 3 is 2.58 bits per heavy atom. The van der Waals surface area contributed by atoms with Crippen molar-refractivity contribution in [3.63, 3.8) is 0 Å². The summed E-state index contributed by atoms with van der Waals surface area (Å²) in [6, 6.07) is 0. The molecule has 0 spiro atoms. The van der Waals surface area contributed by atoms with Gasteiger partial charge >= 0.3 is 0 Å². The van der Waals surface area contributed by atoms with Crippen LogP contribution in [0.1, 0.15) is 19.8 Å². The van der Waals surface area contributed by atoms with Crippen molar-refractivity contribution in [2.75, 3.05) is 32.2 Å². The molecular formula is C9H18O2S. The van der Waals surface area contributed by atoms with Crippen LogP contribution in [-0.2, 0) is 9.47 Å². The Morgan fingerprint density at radius 1 is 1.42 bits per heavy atom. The quantitative estimate of drug-likeness (QED) is 0.681. The molecule has 1 fully saturated rings. The SMILES string of the molecule is CCOCC1(CS)CCOCC1. The zero-order chi connectivity index (χ0) is 8.86. The van der Waals surface area contributed by atoms with Crippen molar-refractivity contribution in [2.45, 2.75) is 19.8 Å². The van der Waals surface area contributed by atoms with Crippen molar-refractivity contribution in [3.8, 4) is 0 Å². The highest BCUT2D eigenvalue weighted by molar-refractivity contribution is 7.80. The third kappa shape index (κ3) is 2.64. The van der Waals surface area contributed by atoms with Crippen molar-refractivity contribution in [2.24, 2.45) is 5.41 Å². The van der Waals surface area contributed by atoms with Gasteiger partial charge in [-0.15, -0.1) is 0 Å². The fraction of sp³-hybridized carbons (Fsp3) is 1.00. The van der Waals surface area contributed by atoms with E-state index in [1.54, 1.807) is 0 Å². The molecule has 0 unspecified atom stereocenters. The van der Waals surface area contributed by atoms with Crippen molar-refractivity contribution in [3.05, 3.63) is 0 Å². The van der Waals surface area contributed by atoms with Gasteiger partial charge in [0.05, 0.1) is 6.61 Å². The maximum absolute atomic E-state index is 5.46. The lowest BCUT2D eigenvalue weighted by atomic mass is 9.83. The third-order valence-corrected chi connectivity index (χ3v) is 3.17. The van der Waals surface area contributed by atoms with Crippen molar-refractivity contribution in [1.82, 2.24) is 0 Å². The Balaban J connectivity index is 2.37. The zero-order valence-electron chi connectivity index (χ0n) is 7.71. The van der Waals surface area contributed by atoms with E-state index >= 15 is 0 Å². The highest BCUT2D eigenvalue weighted by atomic mass is 32.1. The van der Waals surface area contributed by atoms with Gasteiger partial charge in [0.1, 0.15) is 0 Å². The maximum atomic E-state index is 5.46. The minimum absolute atomic E-state index is 0.289. The maximum Gasteiger partial charge on any atom is 0.0531 e. The first-order valence-corrected chi connectivity index (χ1v) is 5.22. The monoisotopic (exact) mass is 190 g/mol. The van der Waals surface area contributed by atoms with E-state index in [-0.39, 0.29) is 5.41 Å². The summed E-state index contributed by atoms with van der Waals surface area (Å²) >= 11 is 4.39. The Morgan fingerprint density at radius 2 is 2.08 bits per heavy atom. The first-order chi connectivity index (χ1) is 5.83. The van der Waals surface area contributed by atoms with E-state index in [1.165, 1.54) is 0 Å². The Bertz CT molecular complexity index is 122. The average molecular weight is 190 g/mol. The second-order valence-corrected chi connectivity index (χ2v) is 3.72. The minimum Gasteiger partial charge on any atom is -0.381 e. The van der Waals surface area contributed by atoms with E-state index in [2.05, 4.69) is 12.6 Å². The molecule has 0 radical (unpaired) electrons. The molecule has 0 saturated carbocycles. The number of rotatable bonds is 4. The first kappa shape index (κ1) is 10.4. The molecule has 0 aromatic rings. The third-order valence-electron chi connectivity index (χ3n) is 2.50. The van der Waals surface area contributed by atoms with E-state index < -0.39 is 0 Å². The smallest absolute Gasteiger partial charge is 0.0531 e. The molecular weight excluding hydrogens is 172 g/mol. The summed E-state index contributed by atoms with van der Waals surface area (Å²) in [7, 11) is 0. The van der Waals surface area contributed by atoms with Gasteiger partial charge in [-0.2, -0.15) is 12.6 Å². The minimum atomic E-state index is 0.289. The van der Waals surface area contributed by atoms with Crippen LogP contribution in [0.4, 0.5) is 0 Å². The average Bonchev–Trinajstić information content (AvgIpc) is 2.16. The number of hydrogen-bond acceptors (Lipinski definition) is 3. The summed E-state index contributed by atoms with van der Waals surface area (Å²) in [6.45, 7) is 5.42. The van der Waals surface area contributed by atoms with Gasteiger partial charge in [0.15, 0.2) is 0 Å². The van der Waals surface area contributed by atoms with Gasteiger partial charge in [-0.3, -0.25) is 0 Å². The summed E-state index contributed by atoms with van der Waals surface area (Å²) < 4.78 is 10.8. The molecule has 3 heteroatoms. The van der Waals surface area contributed by atoms with Crippen molar-refractivity contribution >= 4 is 12.6 Å². The van der Waals surface area contributed by atoms with Gasteiger partial charge in [-0.05, 0) is 25.5 Å². The van der Waals surface area contributed by atoms with Crippen LogP contribution in [0.3, 0.4) is 0 Å². The van der Waals surface area contributed by atoms with E-state index in [9.17, 15) is 0 Å². The second-order valence-electron chi connectivity index (χ2n) is 3.41. The van der Waals surface area contributed by atoms with Gasteiger partial charge < -0.3 is 9.47 Å². The molecule has 0 atom stereocenters. The molecule has 0 bridgehead atoms. The van der Waals surface area contributed by atoms with Crippen molar-refractivity contribution < 1.29 is 9.47 Å². The highest BCUT2D eigenvalue weighted by Crippen LogP contribution is 2.31. The van der Waals surface area contributed by atoms with Gasteiger partial charge in [-0.1, -0.05) is 0 Å². The van der Waals surface area contributed by atoms with E-state index in [0.717, 1.165) is 45.0 Å². The van der Waals surface area contributed by atoms with E-state index in [1.807, 2.05) is 6.92 Å². The van der Waals surface area contributed by atoms with Crippen LogP contribution < -0.4 is 0 Å². The largest absolute Gasteiger partial charge is 0.381 e. The normalized spacial score (nSPS) is 22.5. The molecule has 1 saturated heterocycles. The second kappa shape index (κ2) is 5.10. The molecule has 2 nitrogen and oxygen atoms in total. The first-order valence-electron chi connectivity index (χ1n) is 4.59. The molecule has 1 aliphatic heterocycles. The Hall–Kier alpha value is 0.270. The molecule has 1 rings (SSSR count). The Labute approximate surface area is 80.0 Å². The summed E-state index contributed by atoms with van der Waals surface area (Å²) in [4.78, 5) is 0. The van der Waals surface area contributed by atoms with Crippen LogP contribution in [-0.4, -0.2) is 32.2 Å². The molecule has 0 aliphatic carbocycles. The topological polar surface area (TPSA) is 18.5 Å². The van der Waals surface area contributed by atoms with Crippen LogP contribution in [0.5, 0.6) is 0 Å². The zero-order valence-corrected chi connectivity index (χ0v) is 8.61. The number of ether oxygens (including phenoxy) is 2. The van der Waals surface area contributed by atoms with Crippen molar-refractivity contribution in [1.29, 1.82) is 0 Å². The van der Waals surface area contributed by atoms with E-state index in [4.69, 9.17) is 9.47 Å². The summed E-state index contributed by atoms with van der Waals surface area (Å²) in [5, 5.41) is 0. The molecule has 0 N–H and O–H groups in total. The molecule has 0 aromatic carbocycles. The molecule has 0 amide bonds. The fourth-order valence-electron chi connectivity index (χ4n) is 1.47. The lowest BCUT2D eigenvalue weighted by molar-refractivity contribution is -0.0243. The lowest BCUT2D eigenvalue weighted by Crippen LogP contribution is -2.35. The molecule has 1 aliphatic rings. The van der Waals surface area contributed by atoms with Crippen LogP contribution in [0.2, 0.25) is 0 Å². The van der Waals surface area contributed by atoms with Crippen LogP contribution >= 0.6 is 12.6 Å². The van der Waals surface area contributed by atoms with Crippen LogP contribution in [0, 0.1) is 5.41 Å². The molecule has 1 heterocycles. The number of hydrogen-bond donors (Lipinski definition) is 1. The summed E-state index contributed by atoms with van der Waals surface area (Å²) in [5.41, 5.74) is 0.289. The fourth-order valence-corrected chi connectivity index (χ4v) is 1.88. The van der Waals surface area contributed by atoms with E-state index in [0.29, 0.717) is 0 Å². The molecule has 0 aromatic heterocycles. The van der Waals surface area contributed by atoms with Gasteiger partial charge in [0.25, 0.3) is 0 Å². The predicted molar refractivity (Wildman–Crippen MR) is 52.8 cm³/mol. The van der Waals surface area contributed by atoms with Gasteiger partial charge in [0.2, 0.25) is 0 Å². The molecule has 72 valence electrons.